The lowest BCUT2D eigenvalue weighted by Crippen LogP contribution is -3.30. The number of anilines is 1. The van der Waals surface area contributed by atoms with Crippen LogP contribution in [0.15, 0.2) is 12.1 Å². The first kappa shape index (κ1) is 21.4. The maximum absolute atomic E-state index is 12.8. The Bertz CT molecular complexity index is 656. The third-order valence-electron chi connectivity index (χ3n) is 5.39. The number of rotatable bonds is 6. The van der Waals surface area contributed by atoms with Crippen LogP contribution in [0.1, 0.15) is 37.5 Å². The van der Waals surface area contributed by atoms with Gasteiger partial charge in [0, 0.05) is 11.7 Å². The Morgan fingerprint density at radius 2 is 1.56 bits per heavy atom. The summed E-state index contributed by atoms with van der Waals surface area (Å²) < 4.78 is 0. The number of quaternary nitrogens is 2. The average molecular weight is 377 g/mol. The third kappa shape index (κ3) is 6.04. The first-order chi connectivity index (χ1) is 12.7. The van der Waals surface area contributed by atoms with Crippen molar-refractivity contribution < 1.29 is 19.4 Å². The number of carbonyl (C=O) groups is 2. The van der Waals surface area contributed by atoms with Crippen LogP contribution in [-0.4, -0.2) is 56.6 Å². The van der Waals surface area contributed by atoms with Crippen molar-refractivity contribution in [1.82, 2.24) is 5.32 Å². The van der Waals surface area contributed by atoms with Crippen molar-refractivity contribution in [1.29, 1.82) is 0 Å². The van der Waals surface area contributed by atoms with Gasteiger partial charge in [0.05, 0.1) is 0 Å². The molecule has 1 fully saturated rings. The number of aryl methyl sites for hydroxylation is 3. The number of carbonyl (C=O) groups excluding carboxylic acids is 2. The second-order valence-corrected chi connectivity index (χ2v) is 8.29. The predicted octanol–water partition coefficient (Wildman–Crippen LogP) is -0.753. The summed E-state index contributed by atoms with van der Waals surface area (Å²) in [6.07, 6.45) is 0. The van der Waals surface area contributed by atoms with E-state index in [4.69, 9.17) is 0 Å². The molecule has 0 spiro atoms. The average Bonchev–Trinajstić information content (AvgIpc) is 2.57. The molecule has 1 saturated heterocycles. The molecule has 4 N–H and O–H groups in total. The van der Waals surface area contributed by atoms with Gasteiger partial charge in [-0.1, -0.05) is 17.7 Å². The summed E-state index contributed by atoms with van der Waals surface area (Å²) in [5.74, 6) is 0.181. The number of benzene rings is 1. The highest BCUT2D eigenvalue weighted by atomic mass is 16.2. The molecule has 1 aromatic rings. The van der Waals surface area contributed by atoms with E-state index in [1.807, 2.05) is 34.6 Å². The van der Waals surface area contributed by atoms with Crippen molar-refractivity contribution in [3.8, 4) is 0 Å². The van der Waals surface area contributed by atoms with E-state index >= 15 is 0 Å². The Hall–Kier alpha value is -1.92. The molecule has 0 unspecified atom stereocenters. The lowest BCUT2D eigenvalue weighted by molar-refractivity contribution is -1.01. The fourth-order valence-corrected chi connectivity index (χ4v) is 3.93. The van der Waals surface area contributed by atoms with Gasteiger partial charge in [0.25, 0.3) is 11.8 Å². The molecule has 1 aromatic carbocycles. The Morgan fingerprint density at radius 3 is 2.07 bits per heavy atom. The van der Waals surface area contributed by atoms with E-state index < -0.39 is 0 Å². The SMILES string of the molecule is Cc1cc(C)c(NC(=O)[C@H](C)[NH+]2CC[NH+](CC(=O)NC(C)C)CC2)c(C)c1. The molecule has 0 aromatic heterocycles. The van der Waals surface area contributed by atoms with Crippen molar-refractivity contribution >= 4 is 17.5 Å². The van der Waals surface area contributed by atoms with E-state index in [1.54, 1.807) is 0 Å². The van der Waals surface area contributed by atoms with Crippen LogP contribution in [0, 0.1) is 20.8 Å². The minimum atomic E-state index is -0.101. The van der Waals surface area contributed by atoms with Gasteiger partial charge in [0.15, 0.2) is 12.6 Å². The topological polar surface area (TPSA) is 67.1 Å². The number of hydrogen-bond donors (Lipinski definition) is 4. The van der Waals surface area contributed by atoms with Crippen LogP contribution in [0.2, 0.25) is 0 Å². The number of hydrogen-bond acceptors (Lipinski definition) is 2. The summed E-state index contributed by atoms with van der Waals surface area (Å²) in [5.41, 5.74) is 4.36. The second kappa shape index (κ2) is 9.33. The van der Waals surface area contributed by atoms with Gasteiger partial charge in [-0.15, -0.1) is 0 Å². The molecule has 0 aliphatic carbocycles. The molecule has 27 heavy (non-hydrogen) atoms. The van der Waals surface area contributed by atoms with Gasteiger partial charge in [-0.3, -0.25) is 9.59 Å². The van der Waals surface area contributed by atoms with E-state index in [1.165, 1.54) is 15.4 Å². The first-order valence-corrected chi connectivity index (χ1v) is 10.0. The van der Waals surface area contributed by atoms with Crippen molar-refractivity contribution in [2.75, 3.05) is 38.0 Å². The molecule has 6 nitrogen and oxygen atoms in total. The minimum absolute atomic E-state index is 0.0704. The molecule has 0 bridgehead atoms. The highest BCUT2D eigenvalue weighted by Gasteiger charge is 2.32. The molecule has 0 radical (unpaired) electrons. The van der Waals surface area contributed by atoms with Crippen molar-refractivity contribution in [3.63, 3.8) is 0 Å². The van der Waals surface area contributed by atoms with E-state index in [0.717, 1.165) is 43.0 Å². The lowest BCUT2D eigenvalue weighted by Gasteiger charge is -2.32. The highest BCUT2D eigenvalue weighted by molar-refractivity contribution is 5.95. The molecule has 1 heterocycles. The summed E-state index contributed by atoms with van der Waals surface area (Å²) in [6, 6.07) is 4.28. The monoisotopic (exact) mass is 376 g/mol. The summed E-state index contributed by atoms with van der Waals surface area (Å²) in [4.78, 5) is 27.3. The molecule has 150 valence electrons. The fourth-order valence-electron chi connectivity index (χ4n) is 3.93. The van der Waals surface area contributed by atoms with Crippen LogP contribution in [0.25, 0.3) is 0 Å². The molecule has 1 atom stereocenters. The van der Waals surface area contributed by atoms with Crippen LogP contribution in [0.4, 0.5) is 5.69 Å². The van der Waals surface area contributed by atoms with Crippen molar-refractivity contribution in [2.24, 2.45) is 0 Å². The van der Waals surface area contributed by atoms with Crippen LogP contribution in [0.3, 0.4) is 0 Å². The fraction of sp³-hybridized carbons (Fsp3) is 0.619. The summed E-state index contributed by atoms with van der Waals surface area (Å²) in [7, 11) is 0. The smallest absolute Gasteiger partial charge is 0.282 e. The van der Waals surface area contributed by atoms with Crippen molar-refractivity contribution in [3.05, 3.63) is 28.8 Å². The maximum Gasteiger partial charge on any atom is 0.282 e. The zero-order chi connectivity index (χ0) is 20.1. The summed E-state index contributed by atoms with van der Waals surface area (Å²) >= 11 is 0. The number of nitrogens with one attached hydrogen (secondary N) is 4. The van der Waals surface area contributed by atoms with Crippen LogP contribution < -0.4 is 20.4 Å². The third-order valence-corrected chi connectivity index (χ3v) is 5.39. The molecule has 0 saturated carbocycles. The largest absolute Gasteiger partial charge is 0.349 e. The van der Waals surface area contributed by atoms with Crippen molar-refractivity contribution in [2.45, 2.75) is 53.6 Å². The Labute approximate surface area is 163 Å². The Kier molecular flexibility index (Phi) is 7.39. The predicted molar refractivity (Wildman–Crippen MR) is 108 cm³/mol. The Morgan fingerprint density at radius 1 is 1.00 bits per heavy atom. The van der Waals surface area contributed by atoms with Gasteiger partial charge in [-0.2, -0.15) is 0 Å². The van der Waals surface area contributed by atoms with Crippen LogP contribution in [-0.2, 0) is 9.59 Å². The van der Waals surface area contributed by atoms with E-state index in [-0.39, 0.29) is 23.9 Å². The normalized spacial score (nSPS) is 21.0. The molecule has 1 aliphatic rings. The van der Waals surface area contributed by atoms with Crippen LogP contribution >= 0.6 is 0 Å². The quantitative estimate of drug-likeness (QED) is 0.528. The standard InChI is InChI=1S/C21H34N4O2/c1-14(2)22-19(26)13-24-7-9-25(10-8-24)18(6)21(27)23-20-16(4)11-15(3)12-17(20)5/h11-12,14,18H,7-10,13H2,1-6H3,(H,22,26)(H,23,27)/p+2/t18-/m0/s1. The Balaban J connectivity index is 1.87. The summed E-state index contributed by atoms with van der Waals surface area (Å²) in [5, 5.41) is 6.09. The molecule has 2 rings (SSSR count). The summed E-state index contributed by atoms with van der Waals surface area (Å²) in [6.45, 7) is 16.3. The van der Waals surface area contributed by atoms with Gasteiger partial charge in [0.1, 0.15) is 26.2 Å². The highest BCUT2D eigenvalue weighted by Crippen LogP contribution is 2.21. The van der Waals surface area contributed by atoms with E-state index in [2.05, 4.69) is 29.7 Å². The van der Waals surface area contributed by atoms with Gasteiger partial charge in [-0.05, 0) is 52.7 Å². The van der Waals surface area contributed by atoms with Crippen LogP contribution in [0.5, 0.6) is 0 Å². The van der Waals surface area contributed by atoms with Gasteiger partial charge < -0.3 is 20.4 Å². The minimum Gasteiger partial charge on any atom is -0.349 e. The van der Waals surface area contributed by atoms with E-state index in [9.17, 15) is 9.59 Å². The van der Waals surface area contributed by atoms with Gasteiger partial charge in [0.2, 0.25) is 0 Å². The number of amides is 2. The lowest BCUT2D eigenvalue weighted by atomic mass is 10.0. The molecular formula is C21H36N4O2+2. The maximum atomic E-state index is 12.8. The zero-order valence-corrected chi connectivity index (χ0v) is 17.7. The van der Waals surface area contributed by atoms with Gasteiger partial charge in [-0.25, -0.2) is 0 Å². The molecule has 2 amide bonds. The van der Waals surface area contributed by atoms with Gasteiger partial charge >= 0.3 is 0 Å². The second-order valence-electron chi connectivity index (χ2n) is 8.29. The molecule has 6 heteroatoms. The zero-order valence-electron chi connectivity index (χ0n) is 17.7. The molecular weight excluding hydrogens is 340 g/mol. The number of piperazine rings is 1. The first-order valence-electron chi connectivity index (χ1n) is 10.0. The van der Waals surface area contributed by atoms with E-state index in [0.29, 0.717) is 6.54 Å². The molecule has 1 aliphatic heterocycles.